The van der Waals surface area contributed by atoms with Gasteiger partial charge in [-0.3, -0.25) is 14.4 Å². The van der Waals surface area contributed by atoms with E-state index >= 15 is 0 Å². The molecule has 0 saturated carbocycles. The fourth-order valence-electron chi connectivity index (χ4n) is 6.19. The van der Waals surface area contributed by atoms with Crippen LogP contribution in [0.5, 0.6) is 17.2 Å². The fourth-order valence-corrected chi connectivity index (χ4v) is 6.19. The Hall–Kier alpha value is -3.37. The smallest absolute Gasteiger partial charge is 0.373 e. The molecule has 224 valence electrons. The Morgan fingerprint density at radius 2 is 1.86 bits per heavy atom. The molecule has 42 heavy (non-hydrogen) atoms. The number of fused-ring (bicyclic) bond motifs is 3. The van der Waals surface area contributed by atoms with Crippen LogP contribution < -0.4 is 9.96 Å². The average molecular weight is 585 g/mol. The van der Waals surface area contributed by atoms with Crippen LogP contribution in [-0.4, -0.2) is 98.8 Å². The van der Waals surface area contributed by atoms with Gasteiger partial charge in [0, 0.05) is 42.0 Å². The van der Waals surface area contributed by atoms with Gasteiger partial charge in [0.15, 0.2) is 17.9 Å². The third-order valence-electron chi connectivity index (χ3n) is 8.22. The molecule has 0 spiro atoms. The average Bonchev–Trinajstić information content (AvgIpc) is 2.94. The molecule has 1 aliphatic heterocycles. The Bertz CT molecular complexity index is 1460. The van der Waals surface area contributed by atoms with Crippen molar-refractivity contribution in [3.63, 3.8) is 0 Å². The SMILES string of the molecule is COc1cccc2c1C(=O)c1c(O)c3c(c(O)c1C2=O)C[C@@](O)(C(=O)CO)CC3O[C@H]1C[C@H](NB(C)O)[C@H](O)[C@H](C)O1. The highest BCUT2D eigenvalue weighted by Crippen LogP contribution is 2.52. The minimum absolute atomic E-state index is 0.00566. The molecule has 3 aliphatic rings. The van der Waals surface area contributed by atoms with Gasteiger partial charge >= 0.3 is 7.05 Å². The summed E-state index contributed by atoms with van der Waals surface area (Å²) in [6, 6.07) is 3.66. The summed E-state index contributed by atoms with van der Waals surface area (Å²) in [6.45, 7) is 2.01. The molecule has 6 atom stereocenters. The van der Waals surface area contributed by atoms with Crippen LogP contribution in [0.15, 0.2) is 18.2 Å². The number of aliphatic hydroxyl groups excluding tert-OH is 2. The number of aliphatic hydroxyl groups is 3. The van der Waals surface area contributed by atoms with Gasteiger partial charge in [-0.15, -0.1) is 0 Å². The van der Waals surface area contributed by atoms with Crippen LogP contribution in [-0.2, 0) is 20.7 Å². The third-order valence-corrected chi connectivity index (χ3v) is 8.22. The van der Waals surface area contributed by atoms with Crippen LogP contribution in [0.2, 0.25) is 6.82 Å². The van der Waals surface area contributed by atoms with Gasteiger partial charge < -0.3 is 50.0 Å². The molecule has 0 aromatic heterocycles. The lowest BCUT2D eigenvalue weighted by molar-refractivity contribution is -0.248. The highest BCUT2D eigenvalue weighted by molar-refractivity contribution is 6.45. The summed E-state index contributed by atoms with van der Waals surface area (Å²) in [7, 11) is 0.340. The maximum Gasteiger partial charge on any atom is 0.373 e. The number of aromatic hydroxyl groups is 2. The monoisotopic (exact) mass is 585 g/mol. The van der Waals surface area contributed by atoms with Crippen molar-refractivity contribution in [2.75, 3.05) is 13.7 Å². The molecule has 2 aromatic rings. The number of methoxy groups -OCH3 is 1. The van der Waals surface area contributed by atoms with E-state index in [0.29, 0.717) is 0 Å². The number of rotatable bonds is 7. The van der Waals surface area contributed by atoms with Crippen LogP contribution in [0.4, 0.5) is 0 Å². The van der Waals surface area contributed by atoms with Crippen molar-refractivity contribution < 1.29 is 59.2 Å². The summed E-state index contributed by atoms with van der Waals surface area (Å²) in [5, 5.41) is 67.0. The van der Waals surface area contributed by atoms with E-state index in [-0.39, 0.29) is 34.4 Å². The quantitative estimate of drug-likeness (QED) is 0.141. The highest BCUT2D eigenvalue weighted by Gasteiger charge is 2.50. The van der Waals surface area contributed by atoms with Gasteiger partial charge in [0.25, 0.3) is 0 Å². The third kappa shape index (κ3) is 4.78. The topological polar surface area (TPSA) is 212 Å². The lowest BCUT2D eigenvalue weighted by Gasteiger charge is -2.43. The number of benzene rings is 2. The van der Waals surface area contributed by atoms with Crippen LogP contribution in [0, 0.1) is 0 Å². The Balaban J connectivity index is 1.65. The van der Waals surface area contributed by atoms with Crippen molar-refractivity contribution >= 4 is 24.4 Å². The molecular formula is C28H32BNO12. The second kappa shape index (κ2) is 11.0. The van der Waals surface area contributed by atoms with Gasteiger partial charge in [-0.25, -0.2) is 0 Å². The van der Waals surface area contributed by atoms with E-state index in [0.717, 1.165) is 0 Å². The predicted molar refractivity (Wildman–Crippen MR) is 145 cm³/mol. The van der Waals surface area contributed by atoms with Crippen molar-refractivity contribution in [1.29, 1.82) is 0 Å². The van der Waals surface area contributed by atoms with E-state index in [2.05, 4.69) is 5.23 Å². The molecule has 2 aromatic carbocycles. The zero-order valence-electron chi connectivity index (χ0n) is 23.2. The van der Waals surface area contributed by atoms with E-state index in [9.17, 15) is 44.9 Å². The van der Waals surface area contributed by atoms with Gasteiger partial charge in [-0.2, -0.15) is 0 Å². The molecule has 1 saturated heterocycles. The largest absolute Gasteiger partial charge is 0.507 e. The van der Waals surface area contributed by atoms with Crippen LogP contribution in [0.1, 0.15) is 68.8 Å². The molecule has 0 amide bonds. The zero-order chi connectivity index (χ0) is 30.7. The molecule has 1 fully saturated rings. The molecule has 5 rings (SSSR count). The summed E-state index contributed by atoms with van der Waals surface area (Å²) in [5.74, 6) is -3.87. The number of Topliss-reactive ketones (excluding diaryl/α,β-unsaturated/α-hetero) is 1. The molecule has 7 N–H and O–H groups in total. The molecule has 13 nitrogen and oxygen atoms in total. The molecule has 0 bridgehead atoms. The summed E-state index contributed by atoms with van der Waals surface area (Å²) in [4.78, 5) is 40.0. The minimum Gasteiger partial charge on any atom is -0.507 e. The molecular weight excluding hydrogens is 553 g/mol. The first kappa shape index (κ1) is 30.1. The maximum atomic E-state index is 13.7. The van der Waals surface area contributed by atoms with Crippen molar-refractivity contribution in [3.8, 4) is 17.2 Å². The number of phenols is 2. The van der Waals surface area contributed by atoms with Gasteiger partial charge in [-0.05, 0) is 19.8 Å². The number of hydrogen-bond acceptors (Lipinski definition) is 13. The molecule has 2 aliphatic carbocycles. The number of hydrogen-bond donors (Lipinski definition) is 7. The number of ketones is 3. The van der Waals surface area contributed by atoms with Crippen molar-refractivity contribution in [2.24, 2.45) is 0 Å². The van der Waals surface area contributed by atoms with E-state index in [1.165, 1.54) is 32.1 Å². The first-order valence-electron chi connectivity index (χ1n) is 13.5. The normalized spacial score (nSPS) is 28.5. The van der Waals surface area contributed by atoms with Gasteiger partial charge in [0.1, 0.15) is 29.5 Å². The lowest BCUT2D eigenvalue weighted by Crippen LogP contribution is -2.57. The van der Waals surface area contributed by atoms with E-state index in [1.54, 1.807) is 6.92 Å². The second-order valence-electron chi connectivity index (χ2n) is 10.9. The Kier molecular flexibility index (Phi) is 7.91. The molecule has 1 unspecified atom stereocenters. The first-order chi connectivity index (χ1) is 19.8. The number of phenolic OH excluding ortho intramolecular Hbond substituents is 2. The number of nitrogens with one attached hydrogen (secondary N) is 1. The van der Waals surface area contributed by atoms with Crippen molar-refractivity contribution in [1.82, 2.24) is 5.23 Å². The van der Waals surface area contributed by atoms with E-state index in [1.807, 2.05) is 0 Å². The molecule has 0 radical (unpaired) electrons. The molecule has 14 heteroatoms. The Morgan fingerprint density at radius 3 is 2.50 bits per heavy atom. The Morgan fingerprint density at radius 1 is 1.17 bits per heavy atom. The first-order valence-corrected chi connectivity index (χ1v) is 13.5. The maximum absolute atomic E-state index is 13.7. The zero-order valence-corrected chi connectivity index (χ0v) is 23.2. The lowest BCUT2D eigenvalue weighted by atomic mass is 9.72. The van der Waals surface area contributed by atoms with Crippen LogP contribution >= 0.6 is 0 Å². The number of carbonyl (C=O) groups excluding carboxylic acids is 3. The van der Waals surface area contributed by atoms with Crippen LogP contribution in [0.3, 0.4) is 0 Å². The van der Waals surface area contributed by atoms with Gasteiger partial charge in [-0.1, -0.05) is 12.1 Å². The van der Waals surface area contributed by atoms with Crippen molar-refractivity contribution in [3.05, 3.63) is 51.6 Å². The van der Waals surface area contributed by atoms with Gasteiger partial charge in [0.2, 0.25) is 5.78 Å². The van der Waals surface area contributed by atoms with E-state index < -0.39 is 103 Å². The van der Waals surface area contributed by atoms with E-state index in [4.69, 9.17) is 14.2 Å². The number of ether oxygens (including phenoxy) is 3. The number of carbonyl (C=O) groups is 3. The summed E-state index contributed by atoms with van der Waals surface area (Å²) in [6.07, 6.45) is -5.39. The predicted octanol–water partition coefficient (Wildman–Crippen LogP) is -0.258. The second-order valence-corrected chi connectivity index (χ2v) is 10.9. The standard InChI is InChI=1S/C28H32BNO12/c1-11-23(33)14(30-29(2)39)7-18(41-11)42-16-9-28(38,17(32)10-31)8-13-20(16)27(37)22-21(25(13)35)24(34)12-5-4-6-15(40-3)19(12)26(22)36/h4-6,11,14,16,18,23,30-31,33,35,37-39H,7-10H2,1-3H3/t11-,14-,16?,18-,23+,28-/m0/s1. The van der Waals surface area contributed by atoms with Crippen molar-refractivity contribution in [2.45, 2.75) is 69.3 Å². The Labute approximate surface area is 240 Å². The minimum atomic E-state index is -2.27. The fraction of sp³-hybridized carbons (Fsp3) is 0.464. The summed E-state index contributed by atoms with van der Waals surface area (Å²) in [5.41, 5.74) is -3.76. The van der Waals surface area contributed by atoms with Gasteiger partial charge in [0.05, 0.1) is 42.1 Å². The summed E-state index contributed by atoms with van der Waals surface area (Å²) >= 11 is 0. The highest BCUT2D eigenvalue weighted by atomic mass is 16.7. The van der Waals surface area contributed by atoms with Crippen LogP contribution in [0.25, 0.3) is 0 Å². The molecule has 1 heterocycles. The summed E-state index contributed by atoms with van der Waals surface area (Å²) < 4.78 is 17.2.